The van der Waals surface area contributed by atoms with Crippen LogP contribution >= 0.6 is 0 Å². The van der Waals surface area contributed by atoms with Crippen LogP contribution in [0.4, 0.5) is 10.2 Å². The van der Waals surface area contributed by atoms with Crippen molar-refractivity contribution in [2.45, 2.75) is 25.5 Å². The van der Waals surface area contributed by atoms with Crippen molar-refractivity contribution in [2.24, 2.45) is 5.16 Å². The Morgan fingerprint density at radius 1 is 1.15 bits per heavy atom. The number of rotatable bonds is 9. The number of anilines is 1. The number of aromatic nitrogens is 2. The minimum atomic E-state index is -1.33. The highest BCUT2D eigenvalue weighted by Gasteiger charge is 2.29. The van der Waals surface area contributed by atoms with E-state index in [9.17, 15) is 14.7 Å². The van der Waals surface area contributed by atoms with Gasteiger partial charge in [-0.05, 0) is 30.5 Å². The summed E-state index contributed by atoms with van der Waals surface area (Å²) < 4.78 is 22.3. The highest BCUT2D eigenvalue weighted by atomic mass is 19.1. The average Bonchev–Trinajstić information content (AvgIpc) is 3.66. The van der Waals surface area contributed by atoms with E-state index in [4.69, 9.17) is 9.25 Å². The molecule has 6 rings (SSSR count). The van der Waals surface area contributed by atoms with E-state index in [2.05, 4.69) is 15.0 Å². The summed E-state index contributed by atoms with van der Waals surface area (Å²) in [6, 6.07) is 12.8. The van der Waals surface area contributed by atoms with Gasteiger partial charge in [-0.3, -0.25) is 9.69 Å². The van der Waals surface area contributed by atoms with Crippen LogP contribution in [0.3, 0.4) is 0 Å². The molecule has 2 aliphatic rings. The molecule has 11 heteroatoms. The van der Waals surface area contributed by atoms with Crippen LogP contribution in [-0.2, 0) is 11.4 Å². The fraction of sp³-hybridized carbons (Fsp3) is 0.310. The van der Waals surface area contributed by atoms with Crippen LogP contribution in [-0.4, -0.2) is 64.0 Å². The Bertz CT molecular complexity index is 1610. The standard InChI is InChI=1S/C29H28FN5O5/c30-24-14-22-26(36)23(29(37)38)15-35(21-6-7-21)27(22)31-28(24)34-11-9-33(10-12-34)16-25(20-8-13-39-18-20)32-40-17-19-4-2-1-3-5-19/h1-5,8,13-15,18,21H,6-7,9-12,16-17H2,(H,37,38)/b32-25-. The minimum absolute atomic E-state index is 0.0110. The Hall–Kier alpha value is -4.51. The number of fused-ring (bicyclic) bond motifs is 1. The van der Waals surface area contributed by atoms with E-state index < -0.39 is 17.2 Å². The number of aromatic carboxylic acids is 1. The van der Waals surface area contributed by atoms with E-state index in [1.54, 1.807) is 17.1 Å². The maximum atomic E-state index is 15.3. The van der Waals surface area contributed by atoms with Crippen LogP contribution in [0.15, 0.2) is 75.6 Å². The number of nitrogens with zero attached hydrogens (tertiary/aromatic N) is 5. The van der Waals surface area contributed by atoms with Crippen molar-refractivity contribution < 1.29 is 23.5 Å². The van der Waals surface area contributed by atoms with E-state index in [-0.39, 0.29) is 22.8 Å². The zero-order chi connectivity index (χ0) is 27.6. The van der Waals surface area contributed by atoms with Gasteiger partial charge >= 0.3 is 5.97 Å². The van der Waals surface area contributed by atoms with Crippen LogP contribution < -0.4 is 10.3 Å². The number of piperazine rings is 1. The van der Waals surface area contributed by atoms with E-state index in [0.717, 1.165) is 35.7 Å². The first-order valence-corrected chi connectivity index (χ1v) is 13.2. The molecule has 4 aromatic rings. The maximum absolute atomic E-state index is 15.3. The Labute approximate surface area is 228 Å². The van der Waals surface area contributed by atoms with Gasteiger partial charge in [0.1, 0.15) is 23.5 Å². The molecule has 206 valence electrons. The highest BCUT2D eigenvalue weighted by molar-refractivity contribution is 6.01. The van der Waals surface area contributed by atoms with E-state index in [1.807, 2.05) is 41.3 Å². The van der Waals surface area contributed by atoms with Crippen molar-refractivity contribution in [3.8, 4) is 0 Å². The number of hydrogen-bond acceptors (Lipinski definition) is 8. The molecule has 2 fully saturated rings. The molecule has 0 radical (unpaired) electrons. The van der Waals surface area contributed by atoms with Gasteiger partial charge < -0.3 is 23.8 Å². The smallest absolute Gasteiger partial charge is 0.341 e. The van der Waals surface area contributed by atoms with Gasteiger partial charge in [-0.25, -0.2) is 14.2 Å². The van der Waals surface area contributed by atoms with Crippen molar-refractivity contribution in [1.82, 2.24) is 14.5 Å². The van der Waals surface area contributed by atoms with Crippen molar-refractivity contribution in [2.75, 3.05) is 37.6 Å². The van der Waals surface area contributed by atoms with E-state index in [1.165, 1.54) is 6.20 Å². The quantitative estimate of drug-likeness (QED) is 0.249. The predicted octanol–water partition coefficient (Wildman–Crippen LogP) is 3.90. The molecule has 3 aromatic heterocycles. The Balaban J connectivity index is 1.18. The van der Waals surface area contributed by atoms with Crippen LogP contribution in [0, 0.1) is 5.82 Å². The van der Waals surface area contributed by atoms with Gasteiger partial charge in [0.15, 0.2) is 11.6 Å². The SMILES string of the molecule is O=C(O)c1cn(C2CC2)c2nc(N3CCN(C/C(=N/OCc4ccccc4)c4ccoc4)CC3)c(F)cc2c1=O. The monoisotopic (exact) mass is 545 g/mol. The number of carbonyl (C=O) groups is 1. The minimum Gasteiger partial charge on any atom is -0.477 e. The van der Waals surface area contributed by atoms with Crippen molar-refractivity contribution in [3.05, 3.63) is 93.9 Å². The van der Waals surface area contributed by atoms with Crippen LogP contribution in [0.25, 0.3) is 11.0 Å². The number of halogens is 1. The molecule has 0 amide bonds. The number of furan rings is 1. The summed E-state index contributed by atoms with van der Waals surface area (Å²) in [6.45, 7) is 3.15. The summed E-state index contributed by atoms with van der Waals surface area (Å²) in [4.78, 5) is 38.6. The lowest BCUT2D eigenvalue weighted by atomic mass is 10.1. The van der Waals surface area contributed by atoms with Crippen molar-refractivity contribution >= 4 is 28.5 Å². The van der Waals surface area contributed by atoms with Gasteiger partial charge in [-0.2, -0.15) is 0 Å². The zero-order valence-corrected chi connectivity index (χ0v) is 21.7. The first-order chi connectivity index (χ1) is 19.5. The number of pyridine rings is 2. The summed E-state index contributed by atoms with van der Waals surface area (Å²) in [5.41, 5.74) is 1.81. The third kappa shape index (κ3) is 5.32. The molecular formula is C29H28FN5O5. The van der Waals surface area contributed by atoms with Crippen molar-refractivity contribution in [3.63, 3.8) is 0 Å². The van der Waals surface area contributed by atoms with E-state index >= 15 is 4.39 Å². The molecular weight excluding hydrogens is 517 g/mol. The molecule has 0 spiro atoms. The molecule has 1 aliphatic heterocycles. The lowest BCUT2D eigenvalue weighted by Crippen LogP contribution is -2.48. The van der Waals surface area contributed by atoms with Gasteiger partial charge in [0.05, 0.1) is 17.9 Å². The predicted molar refractivity (Wildman–Crippen MR) is 146 cm³/mol. The van der Waals surface area contributed by atoms with Crippen LogP contribution in [0.2, 0.25) is 0 Å². The lowest BCUT2D eigenvalue weighted by molar-refractivity contribution is 0.0695. The third-order valence-corrected chi connectivity index (χ3v) is 7.26. The first-order valence-electron chi connectivity index (χ1n) is 13.2. The Morgan fingerprint density at radius 3 is 2.60 bits per heavy atom. The second-order valence-electron chi connectivity index (χ2n) is 10.1. The normalized spacial score (nSPS) is 16.4. The summed E-state index contributed by atoms with van der Waals surface area (Å²) >= 11 is 0. The zero-order valence-electron chi connectivity index (χ0n) is 21.7. The van der Waals surface area contributed by atoms with Crippen molar-refractivity contribution in [1.29, 1.82) is 0 Å². The average molecular weight is 546 g/mol. The largest absolute Gasteiger partial charge is 0.477 e. The molecule has 1 N–H and O–H groups in total. The van der Waals surface area contributed by atoms with Crippen LogP contribution in [0.1, 0.15) is 40.4 Å². The molecule has 1 aromatic carbocycles. The summed E-state index contributed by atoms with van der Waals surface area (Å²) in [7, 11) is 0. The molecule has 4 heterocycles. The van der Waals surface area contributed by atoms with Gasteiger partial charge in [0.25, 0.3) is 0 Å². The molecule has 1 saturated carbocycles. The number of benzene rings is 1. The molecule has 0 bridgehead atoms. The fourth-order valence-corrected chi connectivity index (χ4v) is 4.93. The Kier molecular flexibility index (Phi) is 7.04. The number of hydrogen-bond donors (Lipinski definition) is 1. The van der Waals surface area contributed by atoms with Gasteiger partial charge in [0, 0.05) is 50.5 Å². The summed E-state index contributed by atoms with van der Waals surface area (Å²) in [5.74, 6) is -1.80. The summed E-state index contributed by atoms with van der Waals surface area (Å²) in [5, 5.41) is 13.9. The number of carboxylic acid groups (broad SMARTS) is 1. The van der Waals surface area contributed by atoms with Crippen LogP contribution in [0.5, 0.6) is 0 Å². The molecule has 40 heavy (non-hydrogen) atoms. The second kappa shape index (κ2) is 10.9. The molecule has 0 unspecified atom stereocenters. The Morgan fingerprint density at radius 2 is 1.93 bits per heavy atom. The topological polar surface area (TPSA) is 113 Å². The molecule has 1 aliphatic carbocycles. The van der Waals surface area contributed by atoms with Gasteiger partial charge in [-0.15, -0.1) is 0 Å². The molecule has 10 nitrogen and oxygen atoms in total. The molecule has 0 atom stereocenters. The third-order valence-electron chi connectivity index (χ3n) is 7.26. The fourth-order valence-electron chi connectivity index (χ4n) is 4.93. The van der Waals surface area contributed by atoms with Gasteiger partial charge in [-0.1, -0.05) is 35.5 Å². The van der Waals surface area contributed by atoms with Gasteiger partial charge in [0.2, 0.25) is 5.43 Å². The number of oxime groups is 1. The second-order valence-corrected chi connectivity index (χ2v) is 10.1. The summed E-state index contributed by atoms with van der Waals surface area (Å²) in [6.07, 6.45) is 6.28. The lowest BCUT2D eigenvalue weighted by Gasteiger charge is -2.35. The highest BCUT2D eigenvalue weighted by Crippen LogP contribution is 2.37. The maximum Gasteiger partial charge on any atom is 0.341 e. The number of carboxylic acids is 1. The molecule has 1 saturated heterocycles. The van der Waals surface area contributed by atoms with E-state index in [0.29, 0.717) is 45.0 Å². The first kappa shape index (κ1) is 25.8.